The minimum absolute atomic E-state index is 0.0468. The molecular formula is C14H20F3N3OS. The third-order valence-corrected chi connectivity index (χ3v) is 4.39. The van der Waals surface area contributed by atoms with Gasteiger partial charge in [-0.25, -0.2) is 4.98 Å². The second kappa shape index (κ2) is 6.06. The Balaban J connectivity index is 2.02. The average Bonchev–Trinajstić information content (AvgIpc) is 2.87. The first-order valence-electron chi connectivity index (χ1n) is 7.16. The van der Waals surface area contributed by atoms with Gasteiger partial charge in [0.25, 0.3) is 0 Å². The summed E-state index contributed by atoms with van der Waals surface area (Å²) in [5, 5.41) is 4.37. The van der Waals surface area contributed by atoms with Crippen LogP contribution >= 0.6 is 11.3 Å². The van der Waals surface area contributed by atoms with Crippen molar-refractivity contribution in [3.63, 3.8) is 0 Å². The summed E-state index contributed by atoms with van der Waals surface area (Å²) in [5.41, 5.74) is -1.33. The maximum Gasteiger partial charge on any atom is 0.434 e. The van der Waals surface area contributed by atoms with Crippen LogP contribution in [0.5, 0.6) is 0 Å². The number of amides is 1. The first kappa shape index (κ1) is 17.1. The molecule has 1 aliphatic heterocycles. The molecule has 1 aromatic rings. The molecule has 2 rings (SSSR count). The topological polar surface area (TPSA) is 45.2 Å². The zero-order valence-corrected chi connectivity index (χ0v) is 13.6. The van der Waals surface area contributed by atoms with Gasteiger partial charge in [-0.05, 0) is 12.8 Å². The SMILES string of the molecule is CC(C)(C)C(=O)NC1CCCN(c2nc(C(F)(F)F)cs2)C1. The molecule has 4 nitrogen and oxygen atoms in total. The van der Waals surface area contributed by atoms with Gasteiger partial charge in [-0.15, -0.1) is 11.3 Å². The standard InChI is InChI=1S/C14H20F3N3OS/c1-13(2,3)11(21)18-9-5-4-6-20(7-9)12-19-10(8-22-12)14(15,16)17/h8-9H,4-7H2,1-3H3,(H,18,21). The number of nitrogens with one attached hydrogen (secondary N) is 1. The van der Waals surface area contributed by atoms with Crippen LogP contribution in [0.25, 0.3) is 0 Å². The van der Waals surface area contributed by atoms with Crippen molar-refractivity contribution >= 4 is 22.4 Å². The molecule has 1 fully saturated rings. The summed E-state index contributed by atoms with van der Waals surface area (Å²) >= 11 is 0.992. The fourth-order valence-corrected chi connectivity index (χ4v) is 3.08. The van der Waals surface area contributed by atoms with Crippen molar-refractivity contribution in [2.45, 2.75) is 45.8 Å². The quantitative estimate of drug-likeness (QED) is 0.902. The van der Waals surface area contributed by atoms with Gasteiger partial charge in [-0.3, -0.25) is 4.79 Å². The maximum absolute atomic E-state index is 12.6. The van der Waals surface area contributed by atoms with Gasteiger partial charge < -0.3 is 10.2 Å². The van der Waals surface area contributed by atoms with E-state index in [1.807, 2.05) is 25.7 Å². The number of alkyl halides is 3. The van der Waals surface area contributed by atoms with Crippen molar-refractivity contribution in [1.82, 2.24) is 10.3 Å². The molecule has 1 atom stereocenters. The van der Waals surface area contributed by atoms with Crippen LogP contribution in [0.4, 0.5) is 18.3 Å². The minimum Gasteiger partial charge on any atom is -0.351 e. The van der Waals surface area contributed by atoms with Crippen molar-refractivity contribution in [1.29, 1.82) is 0 Å². The summed E-state index contributed by atoms with van der Waals surface area (Å²) in [4.78, 5) is 17.5. The molecule has 1 saturated heterocycles. The van der Waals surface area contributed by atoms with Crippen LogP contribution in [-0.2, 0) is 11.0 Å². The summed E-state index contributed by atoms with van der Waals surface area (Å²) in [6, 6.07) is -0.0567. The molecule has 8 heteroatoms. The second-order valence-corrected chi connectivity index (χ2v) is 7.36. The van der Waals surface area contributed by atoms with Gasteiger partial charge in [0.15, 0.2) is 10.8 Å². The molecule has 1 amide bonds. The Hall–Kier alpha value is -1.31. The number of aromatic nitrogens is 1. The third kappa shape index (κ3) is 4.12. The second-order valence-electron chi connectivity index (χ2n) is 6.52. The molecule has 124 valence electrons. The fraction of sp³-hybridized carbons (Fsp3) is 0.714. The van der Waals surface area contributed by atoms with Crippen LogP contribution in [0.15, 0.2) is 5.38 Å². The molecular weight excluding hydrogens is 315 g/mol. The lowest BCUT2D eigenvalue weighted by Gasteiger charge is -2.34. The van der Waals surface area contributed by atoms with Gasteiger partial charge in [0.2, 0.25) is 5.91 Å². The highest BCUT2D eigenvalue weighted by Crippen LogP contribution is 2.33. The zero-order valence-electron chi connectivity index (χ0n) is 12.8. The van der Waals surface area contributed by atoms with E-state index in [0.29, 0.717) is 18.2 Å². The van der Waals surface area contributed by atoms with Gasteiger partial charge in [0, 0.05) is 29.9 Å². The number of carbonyl (C=O) groups is 1. The molecule has 0 aromatic carbocycles. The van der Waals surface area contributed by atoms with Crippen molar-refractivity contribution in [3.8, 4) is 0 Å². The highest BCUT2D eigenvalue weighted by molar-refractivity contribution is 7.13. The van der Waals surface area contributed by atoms with E-state index < -0.39 is 17.3 Å². The minimum atomic E-state index is -4.41. The molecule has 0 spiro atoms. The van der Waals surface area contributed by atoms with E-state index in [4.69, 9.17) is 0 Å². The highest BCUT2D eigenvalue weighted by Gasteiger charge is 2.35. The predicted octanol–water partition coefficient (Wildman–Crippen LogP) is 3.29. The maximum atomic E-state index is 12.6. The van der Waals surface area contributed by atoms with Gasteiger partial charge in [0.05, 0.1) is 0 Å². The number of rotatable bonds is 2. The lowest BCUT2D eigenvalue weighted by Crippen LogP contribution is -2.50. The van der Waals surface area contributed by atoms with Gasteiger partial charge >= 0.3 is 6.18 Å². The number of thiazole rings is 1. The van der Waals surface area contributed by atoms with E-state index in [0.717, 1.165) is 29.6 Å². The summed E-state index contributed by atoms with van der Waals surface area (Å²) < 4.78 is 37.9. The fourth-order valence-electron chi connectivity index (χ4n) is 2.21. The van der Waals surface area contributed by atoms with E-state index in [-0.39, 0.29) is 11.9 Å². The summed E-state index contributed by atoms with van der Waals surface area (Å²) in [6.07, 6.45) is -2.77. The molecule has 0 radical (unpaired) electrons. The summed E-state index contributed by atoms with van der Waals surface area (Å²) in [7, 11) is 0. The van der Waals surface area contributed by atoms with Gasteiger partial charge in [0.1, 0.15) is 0 Å². The number of anilines is 1. The number of hydrogen-bond donors (Lipinski definition) is 1. The number of hydrogen-bond acceptors (Lipinski definition) is 4. The van der Waals surface area contributed by atoms with E-state index in [9.17, 15) is 18.0 Å². The Labute approximate surface area is 131 Å². The number of carbonyl (C=O) groups excluding carboxylic acids is 1. The van der Waals surface area contributed by atoms with Gasteiger partial charge in [-0.2, -0.15) is 13.2 Å². The Morgan fingerprint density at radius 2 is 2.09 bits per heavy atom. The third-order valence-electron chi connectivity index (χ3n) is 3.49. The Morgan fingerprint density at radius 1 is 1.41 bits per heavy atom. The number of nitrogens with zero attached hydrogens (tertiary/aromatic N) is 2. The van der Waals surface area contributed by atoms with Crippen LogP contribution < -0.4 is 10.2 Å². The van der Waals surface area contributed by atoms with E-state index in [2.05, 4.69) is 10.3 Å². The normalized spacial score (nSPS) is 20.1. The zero-order chi connectivity index (χ0) is 16.5. The molecule has 1 N–H and O–H groups in total. The molecule has 0 bridgehead atoms. The Morgan fingerprint density at radius 3 is 2.64 bits per heavy atom. The highest BCUT2D eigenvalue weighted by atomic mass is 32.1. The van der Waals surface area contributed by atoms with Crippen LogP contribution in [0.3, 0.4) is 0 Å². The Bertz CT molecular complexity index is 536. The van der Waals surface area contributed by atoms with E-state index in [1.54, 1.807) is 0 Å². The van der Waals surface area contributed by atoms with Crippen molar-refractivity contribution in [2.24, 2.45) is 5.41 Å². The number of halogens is 3. The van der Waals surface area contributed by atoms with Crippen LogP contribution in [0, 0.1) is 5.41 Å². The smallest absolute Gasteiger partial charge is 0.351 e. The summed E-state index contributed by atoms with van der Waals surface area (Å²) in [5.74, 6) is -0.0468. The van der Waals surface area contributed by atoms with Crippen molar-refractivity contribution < 1.29 is 18.0 Å². The molecule has 22 heavy (non-hydrogen) atoms. The Kier molecular flexibility index (Phi) is 4.70. The first-order chi connectivity index (χ1) is 10.1. The van der Waals surface area contributed by atoms with E-state index in [1.165, 1.54) is 0 Å². The monoisotopic (exact) mass is 335 g/mol. The predicted molar refractivity (Wildman–Crippen MR) is 79.9 cm³/mol. The lowest BCUT2D eigenvalue weighted by atomic mass is 9.94. The average molecular weight is 335 g/mol. The lowest BCUT2D eigenvalue weighted by molar-refractivity contribution is -0.140. The molecule has 1 aromatic heterocycles. The van der Waals surface area contributed by atoms with Crippen molar-refractivity contribution in [3.05, 3.63) is 11.1 Å². The van der Waals surface area contributed by atoms with Gasteiger partial charge in [-0.1, -0.05) is 20.8 Å². The van der Waals surface area contributed by atoms with Crippen LogP contribution in [0.1, 0.15) is 39.3 Å². The molecule has 1 unspecified atom stereocenters. The molecule has 2 heterocycles. The number of piperidine rings is 1. The first-order valence-corrected chi connectivity index (χ1v) is 8.04. The molecule has 0 aliphatic carbocycles. The van der Waals surface area contributed by atoms with Crippen LogP contribution in [-0.4, -0.2) is 30.0 Å². The largest absolute Gasteiger partial charge is 0.434 e. The van der Waals surface area contributed by atoms with Crippen molar-refractivity contribution in [2.75, 3.05) is 18.0 Å². The van der Waals surface area contributed by atoms with E-state index >= 15 is 0 Å². The van der Waals surface area contributed by atoms with Crippen LogP contribution in [0.2, 0.25) is 0 Å². The summed E-state index contributed by atoms with van der Waals surface area (Å²) in [6.45, 7) is 6.65. The molecule has 1 aliphatic rings. The molecule has 0 saturated carbocycles.